The van der Waals surface area contributed by atoms with Crippen LogP contribution in [0, 0.1) is 12.7 Å². The number of benzene rings is 2. The average Bonchev–Trinajstić information content (AvgIpc) is 2.72. The van der Waals surface area contributed by atoms with Crippen molar-refractivity contribution in [1.29, 1.82) is 0 Å². The molecule has 84 valence electrons. The van der Waals surface area contributed by atoms with Crippen molar-refractivity contribution in [1.82, 2.24) is 4.98 Å². The minimum Gasteiger partial charge on any atom is -0.436 e. The van der Waals surface area contributed by atoms with Crippen LogP contribution in [0.4, 0.5) is 4.39 Å². The highest BCUT2D eigenvalue weighted by Crippen LogP contribution is 2.25. The molecule has 0 unspecified atom stereocenters. The lowest BCUT2D eigenvalue weighted by Crippen LogP contribution is -1.79. The van der Waals surface area contributed by atoms with Crippen LogP contribution in [-0.2, 0) is 0 Å². The molecule has 3 rings (SSSR count). The van der Waals surface area contributed by atoms with Crippen LogP contribution in [0.1, 0.15) is 5.56 Å². The van der Waals surface area contributed by atoms with Crippen molar-refractivity contribution in [3.63, 3.8) is 0 Å². The van der Waals surface area contributed by atoms with Crippen molar-refractivity contribution in [3.05, 3.63) is 53.8 Å². The van der Waals surface area contributed by atoms with E-state index in [1.54, 1.807) is 12.1 Å². The number of aromatic nitrogens is 1. The fourth-order valence-corrected chi connectivity index (χ4v) is 1.78. The Bertz CT molecular complexity index is 688. The number of hydrogen-bond acceptors (Lipinski definition) is 2. The number of hydrogen-bond donors (Lipinski definition) is 0. The summed E-state index contributed by atoms with van der Waals surface area (Å²) in [5.41, 5.74) is 3.29. The fourth-order valence-electron chi connectivity index (χ4n) is 1.78. The van der Waals surface area contributed by atoms with Crippen LogP contribution in [-0.4, -0.2) is 4.98 Å². The maximum Gasteiger partial charge on any atom is 0.227 e. The molecule has 1 aromatic heterocycles. The molecule has 0 spiro atoms. The van der Waals surface area contributed by atoms with Gasteiger partial charge >= 0.3 is 0 Å². The van der Waals surface area contributed by atoms with E-state index in [4.69, 9.17) is 4.42 Å². The summed E-state index contributed by atoms with van der Waals surface area (Å²) in [5, 5.41) is 0. The second-order valence-electron chi connectivity index (χ2n) is 4.00. The van der Waals surface area contributed by atoms with Gasteiger partial charge in [-0.15, -0.1) is 0 Å². The van der Waals surface area contributed by atoms with Gasteiger partial charge in [-0.3, -0.25) is 0 Å². The molecule has 2 aromatic carbocycles. The van der Waals surface area contributed by atoms with Gasteiger partial charge in [-0.1, -0.05) is 12.1 Å². The summed E-state index contributed by atoms with van der Waals surface area (Å²) in [4.78, 5) is 4.35. The van der Waals surface area contributed by atoms with Crippen molar-refractivity contribution in [2.75, 3.05) is 0 Å². The van der Waals surface area contributed by atoms with Crippen LogP contribution in [0.3, 0.4) is 0 Å². The first kappa shape index (κ1) is 10.0. The van der Waals surface area contributed by atoms with Crippen LogP contribution in [0.15, 0.2) is 46.9 Å². The van der Waals surface area contributed by atoms with Crippen LogP contribution in [0.25, 0.3) is 22.6 Å². The maximum atomic E-state index is 13.1. The van der Waals surface area contributed by atoms with Crippen LogP contribution in [0.2, 0.25) is 0 Å². The van der Waals surface area contributed by atoms with Gasteiger partial charge in [0.2, 0.25) is 5.89 Å². The van der Waals surface area contributed by atoms with Crippen molar-refractivity contribution >= 4 is 11.1 Å². The first-order valence-electron chi connectivity index (χ1n) is 5.35. The molecule has 0 aliphatic rings. The van der Waals surface area contributed by atoms with E-state index < -0.39 is 0 Å². The number of aryl methyl sites for hydroxylation is 1. The number of halogens is 1. The Morgan fingerprint density at radius 3 is 2.82 bits per heavy atom. The number of rotatable bonds is 1. The normalized spacial score (nSPS) is 10.9. The molecule has 2 nitrogen and oxygen atoms in total. The summed E-state index contributed by atoms with van der Waals surface area (Å²) in [5.74, 6) is 0.158. The lowest BCUT2D eigenvalue weighted by atomic mass is 10.2. The Kier molecular flexibility index (Phi) is 2.18. The van der Waals surface area contributed by atoms with Crippen molar-refractivity contribution in [3.8, 4) is 11.5 Å². The Morgan fingerprint density at radius 1 is 1.12 bits per heavy atom. The fraction of sp³-hybridized carbons (Fsp3) is 0.0714. The minimum absolute atomic E-state index is 0.291. The van der Waals surface area contributed by atoms with E-state index >= 15 is 0 Å². The molecule has 0 aliphatic carbocycles. The number of fused-ring (bicyclic) bond motifs is 1. The SMILES string of the molecule is Cc1ccc2oc(-c3cccc(F)c3)nc2c1. The predicted octanol–water partition coefficient (Wildman–Crippen LogP) is 3.94. The van der Waals surface area contributed by atoms with Crippen molar-refractivity contribution in [2.45, 2.75) is 6.92 Å². The van der Waals surface area contributed by atoms with E-state index in [2.05, 4.69) is 4.98 Å². The van der Waals surface area contributed by atoms with Gasteiger partial charge in [0.05, 0.1) is 0 Å². The zero-order valence-electron chi connectivity index (χ0n) is 9.27. The third-order valence-corrected chi connectivity index (χ3v) is 2.61. The number of nitrogens with zero attached hydrogens (tertiary/aromatic N) is 1. The van der Waals surface area contributed by atoms with Gasteiger partial charge < -0.3 is 4.42 Å². The average molecular weight is 227 g/mol. The van der Waals surface area contributed by atoms with Gasteiger partial charge in [0.15, 0.2) is 5.58 Å². The summed E-state index contributed by atoms with van der Waals surface area (Å²) in [6.07, 6.45) is 0. The molecular weight excluding hydrogens is 217 g/mol. The molecule has 0 saturated heterocycles. The van der Waals surface area contributed by atoms with E-state index in [0.717, 1.165) is 16.7 Å². The highest BCUT2D eigenvalue weighted by Gasteiger charge is 2.08. The lowest BCUT2D eigenvalue weighted by Gasteiger charge is -1.93. The zero-order chi connectivity index (χ0) is 11.8. The topological polar surface area (TPSA) is 26.0 Å². The molecule has 0 saturated carbocycles. The van der Waals surface area contributed by atoms with E-state index in [-0.39, 0.29) is 5.82 Å². The quantitative estimate of drug-likeness (QED) is 0.629. The van der Waals surface area contributed by atoms with Gasteiger partial charge in [-0.2, -0.15) is 0 Å². The molecule has 0 radical (unpaired) electrons. The summed E-state index contributed by atoms with van der Waals surface area (Å²) in [7, 11) is 0. The summed E-state index contributed by atoms with van der Waals surface area (Å²) in [6, 6.07) is 12.0. The molecule has 17 heavy (non-hydrogen) atoms. The maximum absolute atomic E-state index is 13.1. The standard InChI is InChI=1S/C14H10FNO/c1-9-5-6-13-12(7-9)16-14(17-13)10-3-2-4-11(15)8-10/h2-8H,1H3. The molecular formula is C14H10FNO. The Labute approximate surface area is 97.7 Å². The van der Waals surface area contributed by atoms with E-state index in [0.29, 0.717) is 11.5 Å². The largest absolute Gasteiger partial charge is 0.436 e. The molecule has 0 N–H and O–H groups in total. The summed E-state index contributed by atoms with van der Waals surface area (Å²) in [6.45, 7) is 2.00. The molecule has 1 heterocycles. The number of oxazole rings is 1. The van der Waals surface area contributed by atoms with Crippen LogP contribution < -0.4 is 0 Å². The zero-order valence-corrected chi connectivity index (χ0v) is 9.27. The second-order valence-corrected chi connectivity index (χ2v) is 4.00. The molecule has 3 aromatic rings. The third-order valence-electron chi connectivity index (χ3n) is 2.61. The molecule has 0 aliphatic heterocycles. The lowest BCUT2D eigenvalue weighted by molar-refractivity contribution is 0.611. The van der Waals surface area contributed by atoms with E-state index in [1.807, 2.05) is 25.1 Å². The Balaban J connectivity index is 2.18. The first-order valence-corrected chi connectivity index (χ1v) is 5.35. The third kappa shape index (κ3) is 1.80. The van der Waals surface area contributed by atoms with E-state index in [1.165, 1.54) is 12.1 Å². The first-order chi connectivity index (χ1) is 8.22. The van der Waals surface area contributed by atoms with Gasteiger partial charge in [0, 0.05) is 5.56 Å². The minimum atomic E-state index is -0.291. The molecule has 0 bridgehead atoms. The summed E-state index contributed by atoms with van der Waals surface area (Å²) < 4.78 is 18.7. The molecule has 0 atom stereocenters. The van der Waals surface area contributed by atoms with Gasteiger partial charge in [-0.05, 0) is 42.8 Å². The van der Waals surface area contributed by atoms with Gasteiger partial charge in [0.1, 0.15) is 11.3 Å². The Hall–Kier alpha value is -2.16. The molecule has 0 fully saturated rings. The Morgan fingerprint density at radius 2 is 2.00 bits per heavy atom. The highest BCUT2D eigenvalue weighted by atomic mass is 19.1. The highest BCUT2D eigenvalue weighted by molar-refractivity contribution is 5.76. The van der Waals surface area contributed by atoms with E-state index in [9.17, 15) is 4.39 Å². The van der Waals surface area contributed by atoms with Crippen molar-refractivity contribution < 1.29 is 8.81 Å². The van der Waals surface area contributed by atoms with Gasteiger partial charge in [0.25, 0.3) is 0 Å². The van der Waals surface area contributed by atoms with Gasteiger partial charge in [-0.25, -0.2) is 9.37 Å². The van der Waals surface area contributed by atoms with Crippen molar-refractivity contribution in [2.24, 2.45) is 0 Å². The monoisotopic (exact) mass is 227 g/mol. The predicted molar refractivity (Wildman–Crippen MR) is 64.1 cm³/mol. The second kappa shape index (κ2) is 3.70. The summed E-state index contributed by atoms with van der Waals surface area (Å²) >= 11 is 0. The van der Waals surface area contributed by atoms with Crippen LogP contribution in [0.5, 0.6) is 0 Å². The smallest absolute Gasteiger partial charge is 0.227 e. The van der Waals surface area contributed by atoms with Crippen LogP contribution >= 0.6 is 0 Å². The molecule has 0 amide bonds. The molecule has 3 heteroatoms.